The molecule has 17 aromatic carbocycles. The highest BCUT2D eigenvalue weighted by molar-refractivity contribution is 5.60. The van der Waals surface area contributed by atoms with E-state index in [1.165, 1.54) is 0 Å². The van der Waals surface area contributed by atoms with Crippen molar-refractivity contribution in [2.24, 2.45) is 0 Å². The smallest absolute Gasteiger partial charge is 0.119 e. The van der Waals surface area contributed by atoms with Crippen molar-refractivity contribution >= 4 is 0 Å². The third-order valence-electron chi connectivity index (χ3n) is 23.9. The van der Waals surface area contributed by atoms with Crippen LogP contribution in [0, 0.1) is 27.7 Å². The minimum absolute atomic E-state index is 0.0709. The lowest BCUT2D eigenvalue weighted by Gasteiger charge is -2.31. The zero-order valence-electron chi connectivity index (χ0n) is 71.7. The van der Waals surface area contributed by atoms with Gasteiger partial charge >= 0.3 is 0 Å². The fraction of sp³-hybridized carbons (Fsp3) is 0.105. The van der Waals surface area contributed by atoms with Gasteiger partial charge in [-0.2, -0.15) is 0 Å². The molecule has 17 rings (SSSR count). The Morgan fingerprint density at radius 3 is 0.431 bits per heavy atom. The summed E-state index contributed by atoms with van der Waals surface area (Å²) >= 11 is 0. The maximum Gasteiger partial charge on any atom is 0.119 e. The quantitative estimate of drug-likeness (QED) is 0.0297. The molecule has 0 amide bonds. The van der Waals surface area contributed by atoms with E-state index < -0.39 is 11.8 Å². The monoisotopic (exact) mass is 1720 g/mol. The Hall–Kier alpha value is -16.5. The molecule has 0 atom stereocenters. The minimum atomic E-state index is -0.575. The van der Waals surface area contributed by atoms with Gasteiger partial charge in [-0.15, -0.1) is 0 Å². The maximum atomic E-state index is 10.7. The molecule has 16 N–H and O–H groups in total. The van der Waals surface area contributed by atoms with Crippen LogP contribution < -0.4 is 0 Å². The summed E-state index contributed by atoms with van der Waals surface area (Å²) in [5, 5.41) is 162. The van der Waals surface area contributed by atoms with Gasteiger partial charge in [0, 0.05) is 69.6 Å². The van der Waals surface area contributed by atoms with Gasteiger partial charge in [0.2, 0.25) is 0 Å². The second kappa shape index (κ2) is 40.7. The lowest BCUT2D eigenvalue weighted by Crippen LogP contribution is -2.15. The van der Waals surface area contributed by atoms with Crippen LogP contribution in [0.25, 0.3) is 0 Å². The van der Waals surface area contributed by atoms with Gasteiger partial charge in [-0.3, -0.25) is 0 Å². The SMILES string of the molecule is Cc1cc(C(c2ccc(O)c(C)c2)C(c2ccc(O)c(C)c2)c2ccc(O)c(C)c2)ccc1O.Oc1ccc(C(c2ccc(O)cc2)C(c2ccc(O)cc2)c2ccc(O)cc2)cc1.Oc1ccc(C(c2ccc(O)cc2)c2ccc(C(c3ccc(O)cc3)c3ccc(O)cc3)cc2)cc1.Oc1ccccc1C(c1ccccc1O)C(c1ccccc1O)c1ccccc1O. The van der Waals surface area contributed by atoms with Crippen molar-refractivity contribution in [2.45, 2.75) is 75.0 Å². The molecule has 652 valence electrons. The molecule has 0 unspecified atom stereocenters. The van der Waals surface area contributed by atoms with Crippen LogP contribution in [0.4, 0.5) is 0 Å². The summed E-state index contributed by atoms with van der Waals surface area (Å²) in [7, 11) is 0. The molecule has 0 heterocycles. The summed E-state index contributed by atoms with van der Waals surface area (Å²) in [5.74, 6) is 0.926. The van der Waals surface area contributed by atoms with E-state index in [-0.39, 0.29) is 127 Å². The van der Waals surface area contributed by atoms with Gasteiger partial charge in [-0.1, -0.05) is 243 Å². The maximum absolute atomic E-state index is 10.7. The van der Waals surface area contributed by atoms with Gasteiger partial charge in [0.05, 0.1) is 0 Å². The van der Waals surface area contributed by atoms with Crippen molar-refractivity contribution in [3.05, 3.63) is 511 Å². The van der Waals surface area contributed by atoms with Gasteiger partial charge in [-0.05, 0) is 273 Å². The molecule has 0 fully saturated rings. The van der Waals surface area contributed by atoms with Crippen LogP contribution in [-0.2, 0) is 0 Å². The van der Waals surface area contributed by atoms with E-state index in [1.54, 1.807) is 194 Å². The predicted molar refractivity (Wildman–Crippen MR) is 508 cm³/mol. The molecule has 0 aliphatic heterocycles. The summed E-state index contributed by atoms with van der Waals surface area (Å²) in [6, 6.07) is 116. The van der Waals surface area contributed by atoms with Crippen molar-refractivity contribution in [3.63, 3.8) is 0 Å². The number of aromatic hydroxyl groups is 16. The van der Waals surface area contributed by atoms with E-state index in [4.69, 9.17) is 0 Å². The van der Waals surface area contributed by atoms with Crippen molar-refractivity contribution in [1.29, 1.82) is 0 Å². The van der Waals surface area contributed by atoms with Gasteiger partial charge in [0.15, 0.2) is 0 Å². The Morgan fingerprint density at radius 1 is 0.131 bits per heavy atom. The molecule has 16 nitrogen and oxygen atoms in total. The van der Waals surface area contributed by atoms with Gasteiger partial charge in [-0.25, -0.2) is 0 Å². The van der Waals surface area contributed by atoms with E-state index >= 15 is 0 Å². The van der Waals surface area contributed by atoms with Crippen LogP contribution in [-0.4, -0.2) is 81.7 Å². The first-order chi connectivity index (χ1) is 62.7. The van der Waals surface area contributed by atoms with E-state index in [2.05, 4.69) is 24.3 Å². The second-order valence-electron chi connectivity index (χ2n) is 32.5. The van der Waals surface area contributed by atoms with Crippen LogP contribution in [0.5, 0.6) is 92.0 Å². The number of phenolic OH excluding ortho intramolecular Hbond substituents is 16. The zero-order valence-corrected chi connectivity index (χ0v) is 71.7. The molecule has 0 aliphatic carbocycles. The molecular formula is C114H100O16. The third kappa shape index (κ3) is 21.2. The Kier molecular flexibility index (Phi) is 28.1. The highest BCUT2D eigenvalue weighted by atomic mass is 16.3. The van der Waals surface area contributed by atoms with Crippen LogP contribution in [0.3, 0.4) is 0 Å². The first kappa shape index (κ1) is 89.8. The van der Waals surface area contributed by atoms with Gasteiger partial charge in [0.25, 0.3) is 0 Å². The molecule has 130 heavy (non-hydrogen) atoms. The van der Waals surface area contributed by atoms with Gasteiger partial charge in [0.1, 0.15) is 92.0 Å². The minimum Gasteiger partial charge on any atom is -0.508 e. The number of hydrogen-bond donors (Lipinski definition) is 16. The third-order valence-corrected chi connectivity index (χ3v) is 23.9. The Bertz CT molecular complexity index is 5880. The van der Waals surface area contributed by atoms with Crippen LogP contribution in [0.2, 0.25) is 0 Å². The fourth-order valence-corrected chi connectivity index (χ4v) is 17.3. The van der Waals surface area contributed by atoms with Crippen molar-refractivity contribution in [3.8, 4) is 92.0 Å². The number of aryl methyl sites for hydroxylation is 4. The molecule has 0 saturated carbocycles. The van der Waals surface area contributed by atoms with Crippen LogP contribution in [0.15, 0.2) is 388 Å². The summed E-state index contributed by atoms with van der Waals surface area (Å²) < 4.78 is 0. The predicted octanol–water partition coefficient (Wildman–Crippen LogP) is 24.5. The fourth-order valence-electron chi connectivity index (χ4n) is 17.3. The molecule has 0 radical (unpaired) electrons. The molecule has 17 aromatic rings. The standard InChI is InChI=1S/C32H26O4.C30H30O4.2C26H22O4/c33-27-13-5-23(6-14-27)31(24-7-15-28(34)16-8-24)21-1-2-22(4-3-21)32(25-9-17-29(35)18-10-25)26-11-19-30(36)20-12-26;1-17-13-21(5-9-25(17)31)29(22-6-10-26(32)18(2)14-22)30(23-7-11-27(33)19(3)15-23)24-8-12-28(34)20(4)16-24;27-21-9-1-17(2-10-21)25(18-3-11-22(28)12-4-18)26(19-5-13-23(29)14-6-19)20-7-15-24(30)16-8-20;27-21-13-5-1-9-17(21)25(18-10-2-6-14-22(18)28)26(19-11-3-7-15-23(19)29)20-12-4-8-16-24(20)30/h1-20,31-36H;5-16,29-34H,1-4H3;2*1-16,25-30H. The van der Waals surface area contributed by atoms with E-state index in [0.717, 1.165) is 100 Å². The number of benzene rings is 17. The summed E-state index contributed by atoms with van der Waals surface area (Å²) in [5.41, 5.74) is 19.7. The number of hydrogen-bond acceptors (Lipinski definition) is 16. The van der Waals surface area contributed by atoms with E-state index in [9.17, 15) is 81.7 Å². The number of phenols is 16. The van der Waals surface area contributed by atoms with E-state index in [0.29, 0.717) is 22.3 Å². The molecule has 0 aromatic heterocycles. The first-order valence-corrected chi connectivity index (χ1v) is 42.4. The summed E-state index contributed by atoms with van der Waals surface area (Å²) in [4.78, 5) is 0. The largest absolute Gasteiger partial charge is 0.508 e. The van der Waals surface area contributed by atoms with Gasteiger partial charge < -0.3 is 81.7 Å². The Labute approximate surface area is 754 Å². The molecule has 0 aliphatic rings. The Balaban J connectivity index is 0.000000140. The van der Waals surface area contributed by atoms with Crippen molar-refractivity contribution < 1.29 is 81.7 Å². The average Bonchev–Trinajstić information content (AvgIpc) is 0.531. The molecule has 0 bridgehead atoms. The highest BCUT2D eigenvalue weighted by Crippen LogP contribution is 2.53. The van der Waals surface area contributed by atoms with Crippen LogP contribution >= 0.6 is 0 Å². The van der Waals surface area contributed by atoms with Crippen LogP contribution in [0.1, 0.15) is 170 Å². The topological polar surface area (TPSA) is 324 Å². The number of rotatable bonds is 21. The van der Waals surface area contributed by atoms with Crippen molar-refractivity contribution in [1.82, 2.24) is 0 Å². The average molecular weight is 1730 g/mol. The molecule has 16 heteroatoms. The normalized spacial score (nSPS) is 11.2. The molecular weight excluding hydrogens is 1630 g/mol. The zero-order chi connectivity index (χ0) is 91.8. The highest BCUT2D eigenvalue weighted by Gasteiger charge is 2.36. The molecule has 0 spiro atoms. The number of para-hydroxylation sites is 4. The Morgan fingerprint density at radius 2 is 0.269 bits per heavy atom. The lowest BCUT2D eigenvalue weighted by atomic mass is 9.72. The van der Waals surface area contributed by atoms with E-state index in [1.807, 2.05) is 198 Å². The summed E-state index contributed by atoms with van der Waals surface area (Å²) in [6.07, 6.45) is 0. The molecule has 0 saturated heterocycles. The van der Waals surface area contributed by atoms with Crippen molar-refractivity contribution in [2.75, 3.05) is 0 Å². The summed E-state index contributed by atoms with van der Waals surface area (Å²) in [6.45, 7) is 7.51. The second-order valence-corrected chi connectivity index (χ2v) is 32.5. The first-order valence-electron chi connectivity index (χ1n) is 42.4. The lowest BCUT2D eigenvalue weighted by molar-refractivity contribution is 0.432.